The first-order valence-corrected chi connectivity index (χ1v) is 7.03. The van der Waals surface area contributed by atoms with E-state index in [1.165, 1.54) is 32.1 Å². The minimum Gasteiger partial charge on any atom is -0.396 e. The number of terminal acetylenes is 1. The Hall–Kier alpha value is -0.480. The first kappa shape index (κ1) is 14.6. The van der Waals surface area contributed by atoms with E-state index in [-0.39, 0.29) is 0 Å². The summed E-state index contributed by atoms with van der Waals surface area (Å²) in [5, 5.41) is 9.37. The number of hydrogen-bond donors (Lipinski definition) is 1. The van der Waals surface area contributed by atoms with Gasteiger partial charge in [0.1, 0.15) is 0 Å². The van der Waals surface area contributed by atoms with Crippen molar-refractivity contribution in [3.63, 3.8) is 0 Å². The van der Waals surface area contributed by atoms with Crippen molar-refractivity contribution >= 4 is 0 Å². The van der Waals surface area contributed by atoms with Crippen LogP contribution in [0.25, 0.3) is 0 Å². The van der Waals surface area contributed by atoms with Crippen LogP contribution in [0.1, 0.15) is 52.9 Å². The van der Waals surface area contributed by atoms with E-state index in [0.717, 1.165) is 17.8 Å². The zero-order valence-corrected chi connectivity index (χ0v) is 11.7. The third-order valence-corrected chi connectivity index (χ3v) is 5.52. The molecule has 1 N–H and O–H groups in total. The number of fused-ring (bicyclic) bond motifs is 1. The van der Waals surface area contributed by atoms with Crippen molar-refractivity contribution in [3.8, 4) is 12.8 Å². The second kappa shape index (κ2) is 5.91. The normalized spacial score (nSPS) is 42.1. The third kappa shape index (κ3) is 2.52. The van der Waals surface area contributed by atoms with Gasteiger partial charge in [-0.15, -0.1) is 12.8 Å². The third-order valence-electron chi connectivity index (χ3n) is 5.52. The van der Waals surface area contributed by atoms with Crippen LogP contribution in [-0.2, 0) is 0 Å². The van der Waals surface area contributed by atoms with Gasteiger partial charge in [0.05, 0.1) is 0 Å². The van der Waals surface area contributed by atoms with Crippen LogP contribution in [0.15, 0.2) is 0 Å². The van der Waals surface area contributed by atoms with E-state index in [1.807, 2.05) is 0 Å². The molecule has 2 aliphatic carbocycles. The molecule has 0 spiro atoms. The molecule has 1 heteroatoms. The number of aliphatic hydroxyl groups excluding tert-OH is 1. The lowest BCUT2D eigenvalue weighted by molar-refractivity contribution is 0.0229. The lowest BCUT2D eigenvalue weighted by Gasteiger charge is -2.45. The molecule has 2 aliphatic rings. The van der Waals surface area contributed by atoms with E-state index in [9.17, 15) is 5.11 Å². The Morgan fingerprint density at radius 1 is 1.29 bits per heavy atom. The van der Waals surface area contributed by atoms with Gasteiger partial charge in [0.15, 0.2) is 0 Å². The molecule has 2 saturated carbocycles. The summed E-state index contributed by atoms with van der Waals surface area (Å²) in [7, 11) is 0. The SMILES string of the molecule is C#C.C[C@H](CO)C1CCC2[C@@H](C)CCC[C@]12C. The van der Waals surface area contributed by atoms with Crippen molar-refractivity contribution in [2.24, 2.45) is 29.1 Å². The maximum atomic E-state index is 9.37. The van der Waals surface area contributed by atoms with Gasteiger partial charge in [-0.25, -0.2) is 0 Å². The molecule has 2 fully saturated rings. The van der Waals surface area contributed by atoms with Gasteiger partial charge in [-0.3, -0.25) is 0 Å². The Morgan fingerprint density at radius 3 is 2.53 bits per heavy atom. The first-order chi connectivity index (χ1) is 8.09. The number of hydrogen-bond acceptors (Lipinski definition) is 1. The van der Waals surface area contributed by atoms with Gasteiger partial charge >= 0.3 is 0 Å². The second-order valence-electron chi connectivity index (χ2n) is 6.33. The first-order valence-electron chi connectivity index (χ1n) is 7.03. The zero-order chi connectivity index (χ0) is 13.1. The lowest BCUT2D eigenvalue weighted by atomic mass is 9.60. The highest BCUT2D eigenvalue weighted by Gasteiger charge is 2.51. The van der Waals surface area contributed by atoms with Crippen LogP contribution in [0.2, 0.25) is 0 Å². The van der Waals surface area contributed by atoms with E-state index in [1.54, 1.807) is 0 Å². The summed E-state index contributed by atoms with van der Waals surface area (Å²) in [5.41, 5.74) is 0.541. The molecule has 0 amide bonds. The van der Waals surface area contributed by atoms with E-state index in [4.69, 9.17) is 0 Å². The largest absolute Gasteiger partial charge is 0.396 e. The zero-order valence-electron chi connectivity index (χ0n) is 11.7. The van der Waals surface area contributed by atoms with Crippen LogP contribution in [-0.4, -0.2) is 11.7 Å². The summed E-state index contributed by atoms with van der Waals surface area (Å²) >= 11 is 0. The van der Waals surface area contributed by atoms with Gasteiger partial charge < -0.3 is 5.11 Å². The smallest absolute Gasteiger partial charge is 0.0459 e. The Morgan fingerprint density at radius 2 is 1.94 bits per heavy atom. The van der Waals surface area contributed by atoms with Gasteiger partial charge in [-0.1, -0.05) is 33.6 Å². The van der Waals surface area contributed by atoms with E-state index < -0.39 is 0 Å². The van der Waals surface area contributed by atoms with Gasteiger partial charge in [0, 0.05) is 6.61 Å². The molecule has 5 atom stereocenters. The highest BCUT2D eigenvalue weighted by molar-refractivity contribution is 5.00. The summed E-state index contributed by atoms with van der Waals surface area (Å²) in [5.74, 6) is 3.13. The van der Waals surface area contributed by atoms with E-state index in [2.05, 4.69) is 33.6 Å². The van der Waals surface area contributed by atoms with E-state index >= 15 is 0 Å². The Bertz CT molecular complexity index is 257. The summed E-state index contributed by atoms with van der Waals surface area (Å²) in [6.07, 6.45) is 15.0. The molecule has 0 aliphatic heterocycles. The maximum absolute atomic E-state index is 9.37. The highest BCUT2D eigenvalue weighted by atomic mass is 16.3. The maximum Gasteiger partial charge on any atom is 0.0459 e. The molecule has 0 radical (unpaired) electrons. The van der Waals surface area contributed by atoms with Crippen LogP contribution in [0.3, 0.4) is 0 Å². The average molecular weight is 236 g/mol. The predicted octanol–water partition coefficient (Wildman–Crippen LogP) is 3.72. The molecule has 0 saturated heterocycles. The van der Waals surface area contributed by atoms with Crippen LogP contribution < -0.4 is 0 Å². The van der Waals surface area contributed by atoms with E-state index in [0.29, 0.717) is 17.9 Å². The molecular formula is C16H28O. The fraction of sp³-hybridized carbons (Fsp3) is 0.875. The topological polar surface area (TPSA) is 20.2 Å². The van der Waals surface area contributed by atoms with Gasteiger partial charge in [-0.05, 0) is 48.3 Å². The fourth-order valence-electron chi connectivity index (χ4n) is 4.67. The molecule has 0 bridgehead atoms. The molecule has 1 nitrogen and oxygen atoms in total. The molecule has 2 rings (SSSR count). The summed E-state index contributed by atoms with van der Waals surface area (Å²) < 4.78 is 0. The molecule has 17 heavy (non-hydrogen) atoms. The van der Waals surface area contributed by atoms with Crippen LogP contribution in [0, 0.1) is 41.9 Å². The minimum atomic E-state index is 0.376. The Balaban J connectivity index is 0.000000686. The molecule has 0 aromatic carbocycles. The monoisotopic (exact) mass is 236 g/mol. The molecular weight excluding hydrogens is 208 g/mol. The summed E-state index contributed by atoms with van der Waals surface area (Å²) in [6.45, 7) is 7.55. The van der Waals surface area contributed by atoms with Crippen LogP contribution >= 0.6 is 0 Å². The summed E-state index contributed by atoms with van der Waals surface area (Å²) in [6, 6.07) is 0. The van der Waals surface area contributed by atoms with Crippen molar-refractivity contribution in [1.29, 1.82) is 0 Å². The second-order valence-corrected chi connectivity index (χ2v) is 6.33. The number of rotatable bonds is 2. The number of aliphatic hydroxyl groups is 1. The molecule has 0 aromatic rings. The Kier molecular flexibility index (Phi) is 5.07. The molecule has 0 heterocycles. The molecule has 0 aromatic heterocycles. The fourth-order valence-corrected chi connectivity index (χ4v) is 4.67. The van der Waals surface area contributed by atoms with Crippen molar-refractivity contribution < 1.29 is 5.11 Å². The van der Waals surface area contributed by atoms with Gasteiger partial charge in [0.25, 0.3) is 0 Å². The predicted molar refractivity (Wildman–Crippen MR) is 73.5 cm³/mol. The molecule has 98 valence electrons. The van der Waals surface area contributed by atoms with Crippen molar-refractivity contribution in [2.45, 2.75) is 52.9 Å². The van der Waals surface area contributed by atoms with Crippen LogP contribution in [0.5, 0.6) is 0 Å². The van der Waals surface area contributed by atoms with Crippen LogP contribution in [0.4, 0.5) is 0 Å². The molecule has 2 unspecified atom stereocenters. The lowest BCUT2D eigenvalue weighted by Crippen LogP contribution is -2.38. The highest BCUT2D eigenvalue weighted by Crippen LogP contribution is 2.59. The quantitative estimate of drug-likeness (QED) is 0.725. The average Bonchev–Trinajstić information content (AvgIpc) is 2.69. The minimum absolute atomic E-state index is 0.376. The van der Waals surface area contributed by atoms with Gasteiger partial charge in [-0.2, -0.15) is 0 Å². The Labute approximate surface area is 107 Å². The van der Waals surface area contributed by atoms with Crippen molar-refractivity contribution in [2.75, 3.05) is 6.61 Å². The standard InChI is InChI=1S/C14H26O.C2H2/c1-10-5-4-8-14(3)12(10)6-7-13(14)11(2)9-15;1-2/h10-13,15H,4-9H2,1-3H3;1-2H/t10-,11+,12?,13?,14-;/m0./s1. The summed E-state index contributed by atoms with van der Waals surface area (Å²) in [4.78, 5) is 0. The van der Waals surface area contributed by atoms with Crippen molar-refractivity contribution in [3.05, 3.63) is 0 Å². The van der Waals surface area contributed by atoms with Crippen molar-refractivity contribution in [1.82, 2.24) is 0 Å². The van der Waals surface area contributed by atoms with Gasteiger partial charge in [0.2, 0.25) is 0 Å².